The number of ether oxygens (including phenoxy) is 1. The van der Waals surface area contributed by atoms with Gasteiger partial charge in [-0.2, -0.15) is 0 Å². The minimum Gasteiger partial charge on any atom is -0.436 e. The summed E-state index contributed by atoms with van der Waals surface area (Å²) in [5.74, 6) is -0.173. The van der Waals surface area contributed by atoms with Crippen molar-refractivity contribution in [3.8, 4) is 0 Å². The van der Waals surface area contributed by atoms with Crippen molar-refractivity contribution in [3.63, 3.8) is 0 Å². The van der Waals surface area contributed by atoms with Gasteiger partial charge in [0.25, 0.3) is 5.91 Å². The molecule has 44 heavy (non-hydrogen) atoms. The lowest BCUT2D eigenvalue weighted by atomic mass is 10.0. The van der Waals surface area contributed by atoms with E-state index in [1.54, 1.807) is 11.0 Å². The van der Waals surface area contributed by atoms with Crippen LogP contribution in [0.25, 0.3) is 0 Å². The second kappa shape index (κ2) is 13.2. The Bertz CT molecular complexity index is 1360. The number of nitrogens with two attached hydrogens (primary N) is 1. The van der Waals surface area contributed by atoms with E-state index in [1.165, 1.54) is 25.7 Å². The molecule has 2 aromatic rings. The number of hydrogen-bond acceptors (Lipinski definition) is 6. The molecule has 3 aliphatic heterocycles. The number of rotatable bonds is 6. The number of benzene rings is 2. The maximum Gasteiger partial charge on any atom is 0.410 e. The Balaban J connectivity index is 1.10. The number of halogens is 1. The Kier molecular flexibility index (Phi) is 9.18. The Morgan fingerprint density at radius 1 is 0.977 bits per heavy atom. The van der Waals surface area contributed by atoms with E-state index in [1.807, 2.05) is 47.1 Å². The molecule has 11 heteroatoms. The predicted octanol–water partition coefficient (Wildman–Crippen LogP) is 4.88. The van der Waals surface area contributed by atoms with Gasteiger partial charge in [-0.15, -0.1) is 0 Å². The van der Waals surface area contributed by atoms with Gasteiger partial charge in [0.2, 0.25) is 0 Å². The fraction of sp³-hybridized carbons (Fsp3) is 0.545. The Labute approximate surface area is 264 Å². The number of para-hydroxylation sites is 1. The minimum absolute atomic E-state index is 0.0147. The van der Waals surface area contributed by atoms with Gasteiger partial charge < -0.3 is 30.5 Å². The van der Waals surface area contributed by atoms with E-state index >= 15 is 0 Å². The molecule has 10 nitrogen and oxygen atoms in total. The number of nitrogens with one attached hydrogen (secondary N) is 1. The normalized spacial score (nSPS) is 20.8. The van der Waals surface area contributed by atoms with E-state index < -0.39 is 12.2 Å². The van der Waals surface area contributed by atoms with Gasteiger partial charge in [-0.3, -0.25) is 9.69 Å². The number of hydrogen-bond donors (Lipinski definition) is 2. The fourth-order valence-electron chi connectivity index (χ4n) is 7.19. The van der Waals surface area contributed by atoms with Crippen LogP contribution in [-0.4, -0.2) is 95.1 Å². The summed E-state index contributed by atoms with van der Waals surface area (Å²) in [7, 11) is 0. The highest BCUT2D eigenvalue weighted by Crippen LogP contribution is 2.29. The van der Waals surface area contributed by atoms with Gasteiger partial charge in [-0.25, -0.2) is 9.59 Å². The molecule has 0 aromatic heterocycles. The molecule has 0 unspecified atom stereocenters. The van der Waals surface area contributed by atoms with E-state index in [2.05, 4.69) is 10.2 Å². The Morgan fingerprint density at radius 3 is 2.39 bits per heavy atom. The van der Waals surface area contributed by atoms with Crippen molar-refractivity contribution >= 4 is 41.0 Å². The highest BCUT2D eigenvalue weighted by Gasteiger charge is 2.36. The molecule has 0 radical (unpaired) electrons. The summed E-state index contributed by atoms with van der Waals surface area (Å²) in [4.78, 5) is 48.1. The van der Waals surface area contributed by atoms with Gasteiger partial charge in [-0.05, 0) is 61.4 Å². The average Bonchev–Trinajstić information content (AvgIpc) is 3.58. The number of urea groups is 1. The predicted molar refractivity (Wildman–Crippen MR) is 171 cm³/mol. The van der Waals surface area contributed by atoms with Gasteiger partial charge in [0.1, 0.15) is 0 Å². The van der Waals surface area contributed by atoms with Crippen LogP contribution >= 0.6 is 11.6 Å². The minimum atomic E-state index is -0.971. The number of likely N-dealkylation sites (tertiary alicyclic amines) is 1. The molecule has 6 rings (SSSR count). The van der Waals surface area contributed by atoms with Crippen LogP contribution in [0.5, 0.6) is 0 Å². The first kappa shape index (κ1) is 30.5. The van der Waals surface area contributed by atoms with Crippen LogP contribution in [-0.2, 0) is 22.5 Å². The zero-order valence-corrected chi connectivity index (χ0v) is 26.2. The second-order valence-electron chi connectivity index (χ2n) is 12.6. The molecule has 2 saturated heterocycles. The first-order valence-corrected chi connectivity index (χ1v) is 16.3. The molecule has 4 aliphatic rings. The van der Waals surface area contributed by atoms with Crippen LogP contribution < -0.4 is 11.1 Å². The Hall–Kier alpha value is -3.50. The molecule has 236 valence electrons. The number of carbonyl (C=O) groups is 3. The molecule has 4 amide bonds. The largest absolute Gasteiger partial charge is 0.436 e. The molecule has 1 aliphatic carbocycles. The average molecular weight is 623 g/mol. The number of anilines is 2. The van der Waals surface area contributed by atoms with Crippen molar-refractivity contribution in [2.45, 2.75) is 76.6 Å². The molecule has 3 fully saturated rings. The number of fused-ring (bicyclic) bond motifs is 1. The third-order valence-corrected chi connectivity index (χ3v) is 10.1. The zero-order chi connectivity index (χ0) is 30.8. The monoisotopic (exact) mass is 622 g/mol. The van der Waals surface area contributed by atoms with E-state index in [-0.39, 0.29) is 24.4 Å². The molecule has 0 bridgehead atoms. The summed E-state index contributed by atoms with van der Waals surface area (Å²) in [6, 6.07) is 12.0. The number of nitrogens with zero attached hydrogens (tertiary/aromatic N) is 4. The van der Waals surface area contributed by atoms with Gasteiger partial charge in [0, 0.05) is 70.0 Å². The number of aryl methyl sites for hydroxylation is 1. The summed E-state index contributed by atoms with van der Waals surface area (Å²) >= 11 is 6.38. The topological polar surface area (TPSA) is 111 Å². The lowest BCUT2D eigenvalue weighted by Gasteiger charge is -2.41. The quantitative estimate of drug-likeness (QED) is 0.445. The summed E-state index contributed by atoms with van der Waals surface area (Å²) in [6.07, 6.45) is 5.05. The SMILES string of the molecule is Cc1cc(C[C@@H](OC(=O)N2CCC(N3Cc4ccccc4NC3=O)CC2)C(=O)N2CCN(C3CCCC3)CC2)cc(Cl)c1N. The smallest absolute Gasteiger partial charge is 0.410 e. The van der Waals surface area contributed by atoms with Gasteiger partial charge in [-0.1, -0.05) is 48.7 Å². The van der Waals surface area contributed by atoms with Crippen LogP contribution in [0.1, 0.15) is 55.2 Å². The number of nitrogen functional groups attached to an aromatic ring is 1. The summed E-state index contributed by atoms with van der Waals surface area (Å²) in [6.45, 7) is 6.24. The second-order valence-corrected chi connectivity index (χ2v) is 13.0. The van der Waals surface area contributed by atoms with Crippen molar-refractivity contribution in [2.24, 2.45) is 0 Å². The zero-order valence-electron chi connectivity index (χ0n) is 25.5. The first-order valence-electron chi connectivity index (χ1n) is 15.9. The van der Waals surface area contributed by atoms with E-state index in [0.717, 1.165) is 35.5 Å². The lowest BCUT2D eigenvalue weighted by molar-refractivity contribution is -0.143. The van der Waals surface area contributed by atoms with Crippen molar-refractivity contribution in [1.29, 1.82) is 0 Å². The molecular weight excluding hydrogens is 580 g/mol. The molecular formula is C33H43ClN6O4. The highest BCUT2D eigenvalue weighted by atomic mass is 35.5. The van der Waals surface area contributed by atoms with Crippen LogP contribution in [0.3, 0.4) is 0 Å². The first-order chi connectivity index (χ1) is 21.3. The van der Waals surface area contributed by atoms with Crippen LogP contribution in [0.15, 0.2) is 36.4 Å². The lowest BCUT2D eigenvalue weighted by Crippen LogP contribution is -2.55. The maximum absolute atomic E-state index is 13.9. The van der Waals surface area contributed by atoms with E-state index in [4.69, 9.17) is 22.1 Å². The third-order valence-electron chi connectivity index (χ3n) is 9.83. The molecule has 1 saturated carbocycles. The highest BCUT2D eigenvalue weighted by molar-refractivity contribution is 6.33. The summed E-state index contributed by atoms with van der Waals surface area (Å²) < 4.78 is 6.01. The molecule has 1 atom stereocenters. The van der Waals surface area contributed by atoms with E-state index in [9.17, 15) is 14.4 Å². The Morgan fingerprint density at radius 2 is 1.68 bits per heavy atom. The molecule has 3 N–H and O–H groups in total. The van der Waals surface area contributed by atoms with Crippen LogP contribution in [0.2, 0.25) is 5.02 Å². The van der Waals surface area contributed by atoms with Crippen molar-refractivity contribution < 1.29 is 19.1 Å². The van der Waals surface area contributed by atoms with Crippen LogP contribution in [0.4, 0.5) is 21.0 Å². The van der Waals surface area contributed by atoms with Gasteiger partial charge in [0.15, 0.2) is 6.10 Å². The third kappa shape index (κ3) is 6.61. The van der Waals surface area contributed by atoms with Crippen molar-refractivity contribution in [2.75, 3.05) is 50.3 Å². The number of carbonyl (C=O) groups excluding carboxylic acids is 3. The van der Waals surface area contributed by atoms with Crippen molar-refractivity contribution in [3.05, 3.63) is 58.1 Å². The molecule has 0 spiro atoms. The van der Waals surface area contributed by atoms with E-state index in [0.29, 0.717) is 62.3 Å². The number of amides is 4. The molecule has 3 heterocycles. The van der Waals surface area contributed by atoms with Gasteiger partial charge in [0.05, 0.1) is 10.7 Å². The van der Waals surface area contributed by atoms with Gasteiger partial charge >= 0.3 is 12.1 Å². The molecule has 2 aromatic carbocycles. The fourth-order valence-corrected chi connectivity index (χ4v) is 7.48. The number of piperazine rings is 1. The van der Waals surface area contributed by atoms with Crippen molar-refractivity contribution in [1.82, 2.24) is 19.6 Å². The maximum atomic E-state index is 13.9. The summed E-state index contributed by atoms with van der Waals surface area (Å²) in [5.41, 5.74) is 10.1. The van der Waals surface area contributed by atoms with Crippen LogP contribution in [0, 0.1) is 6.92 Å². The summed E-state index contributed by atoms with van der Waals surface area (Å²) in [5, 5.41) is 3.41. The number of piperidine rings is 1. The standard InChI is InChI=1S/C33H43ClN6O4/c1-22-18-23(19-27(34)30(22)35)20-29(31(41)38-16-14-37(15-17-38)25-7-3-4-8-25)44-33(43)39-12-10-26(11-13-39)40-21-24-6-2-5-9-28(24)36-32(40)42/h2,5-6,9,18-19,25-26,29H,3-4,7-8,10-17,20-21,35H2,1H3,(H,36,42)/t29-/m1/s1.